The van der Waals surface area contributed by atoms with Crippen LogP contribution in [0.2, 0.25) is 0 Å². The Morgan fingerprint density at radius 2 is 1.73 bits per heavy atom. The SMILES string of the molecule is Cc1ccc(C2=C(c3cc(F)c(S(C)(=O)=O)cc3F)COC2=O)cc1OC(F)(F)F. The summed E-state index contributed by atoms with van der Waals surface area (Å²) in [6.45, 7) is 0.873. The topological polar surface area (TPSA) is 69.7 Å². The number of sulfone groups is 1. The van der Waals surface area contributed by atoms with Crippen LogP contribution >= 0.6 is 0 Å². The first kappa shape index (κ1) is 21.8. The van der Waals surface area contributed by atoms with Gasteiger partial charge >= 0.3 is 12.3 Å². The summed E-state index contributed by atoms with van der Waals surface area (Å²) in [6.07, 6.45) is -4.28. The van der Waals surface area contributed by atoms with E-state index in [-0.39, 0.29) is 22.3 Å². The monoisotopic (exact) mass is 448 g/mol. The number of ether oxygens (including phenoxy) is 2. The number of alkyl halides is 3. The number of esters is 1. The third-order valence-electron chi connectivity index (χ3n) is 4.30. The van der Waals surface area contributed by atoms with Crippen molar-refractivity contribution in [1.82, 2.24) is 0 Å². The average Bonchev–Trinajstić information content (AvgIpc) is 2.98. The highest BCUT2D eigenvalue weighted by Gasteiger charge is 2.34. The highest BCUT2D eigenvalue weighted by atomic mass is 32.2. The summed E-state index contributed by atoms with van der Waals surface area (Å²) in [6, 6.07) is 4.57. The van der Waals surface area contributed by atoms with Crippen LogP contribution in [0.5, 0.6) is 5.75 Å². The Hall–Kier alpha value is -2.95. The summed E-state index contributed by atoms with van der Waals surface area (Å²) >= 11 is 0. The summed E-state index contributed by atoms with van der Waals surface area (Å²) in [4.78, 5) is 11.3. The fraction of sp³-hybridized carbons (Fsp3) is 0.211. The lowest BCUT2D eigenvalue weighted by Crippen LogP contribution is -2.18. The van der Waals surface area contributed by atoms with E-state index < -0.39 is 56.6 Å². The molecule has 3 rings (SSSR count). The Morgan fingerprint density at radius 1 is 1.07 bits per heavy atom. The number of hydrogen-bond acceptors (Lipinski definition) is 5. The highest BCUT2D eigenvalue weighted by Crippen LogP contribution is 2.37. The van der Waals surface area contributed by atoms with E-state index >= 15 is 0 Å². The van der Waals surface area contributed by atoms with Gasteiger partial charge in [0, 0.05) is 17.4 Å². The Labute approximate surface area is 167 Å². The maximum atomic E-state index is 14.6. The molecule has 0 spiro atoms. The molecule has 0 bridgehead atoms. The first-order valence-corrected chi connectivity index (χ1v) is 10.1. The molecule has 160 valence electrons. The second kappa shape index (κ2) is 7.38. The van der Waals surface area contributed by atoms with Crippen molar-refractivity contribution in [3.63, 3.8) is 0 Å². The lowest BCUT2D eigenvalue weighted by Gasteiger charge is -2.13. The minimum Gasteiger partial charge on any atom is -0.457 e. The Balaban J connectivity index is 2.19. The molecule has 5 nitrogen and oxygen atoms in total. The molecule has 0 aromatic heterocycles. The molecule has 1 aliphatic heterocycles. The largest absolute Gasteiger partial charge is 0.573 e. The van der Waals surface area contributed by atoms with E-state index in [9.17, 15) is 35.2 Å². The number of cyclic esters (lactones) is 1. The van der Waals surface area contributed by atoms with Crippen molar-refractivity contribution in [2.75, 3.05) is 12.9 Å². The molecule has 0 atom stereocenters. The number of aryl methyl sites for hydroxylation is 1. The number of rotatable bonds is 4. The van der Waals surface area contributed by atoms with Crippen LogP contribution < -0.4 is 4.74 Å². The standard InChI is InChI=1S/C19H13F5O5S/c1-9-3-4-10(5-15(9)29-19(22,23)24)17-12(8-28-18(17)25)11-6-14(21)16(7-13(11)20)30(2,26)27/h3-7H,8H2,1-2H3. The van der Waals surface area contributed by atoms with Gasteiger partial charge in [-0.05, 0) is 36.2 Å². The van der Waals surface area contributed by atoms with E-state index in [1.165, 1.54) is 19.1 Å². The van der Waals surface area contributed by atoms with E-state index in [2.05, 4.69) is 4.74 Å². The van der Waals surface area contributed by atoms with Crippen LogP contribution in [0, 0.1) is 18.6 Å². The Kier molecular flexibility index (Phi) is 5.35. The molecule has 2 aromatic carbocycles. The van der Waals surface area contributed by atoms with Gasteiger partial charge in [0.15, 0.2) is 9.84 Å². The fourth-order valence-electron chi connectivity index (χ4n) is 2.94. The van der Waals surface area contributed by atoms with Gasteiger partial charge in [-0.15, -0.1) is 13.2 Å². The second-order valence-corrected chi connectivity index (χ2v) is 8.48. The maximum absolute atomic E-state index is 14.6. The first-order chi connectivity index (χ1) is 13.8. The van der Waals surface area contributed by atoms with Gasteiger partial charge in [-0.25, -0.2) is 22.0 Å². The number of carbonyl (C=O) groups excluding carboxylic acids is 1. The molecule has 1 aliphatic rings. The maximum Gasteiger partial charge on any atom is 0.573 e. The number of carbonyl (C=O) groups is 1. The summed E-state index contributed by atoms with van der Waals surface area (Å²) in [7, 11) is -4.05. The lowest BCUT2D eigenvalue weighted by molar-refractivity contribution is -0.274. The Bertz CT molecular complexity index is 1180. The molecule has 0 fully saturated rings. The third-order valence-corrected chi connectivity index (χ3v) is 5.41. The third kappa shape index (κ3) is 4.30. The van der Waals surface area contributed by atoms with Crippen molar-refractivity contribution in [2.24, 2.45) is 0 Å². The van der Waals surface area contributed by atoms with Crippen molar-refractivity contribution < 1.29 is 44.6 Å². The molecule has 0 radical (unpaired) electrons. The molecule has 11 heteroatoms. The summed E-state index contributed by atoms with van der Waals surface area (Å²) in [5.41, 5.74) is -0.811. The van der Waals surface area contributed by atoms with Gasteiger partial charge in [-0.2, -0.15) is 0 Å². The second-order valence-electron chi connectivity index (χ2n) is 6.49. The van der Waals surface area contributed by atoms with E-state index in [0.29, 0.717) is 18.4 Å². The van der Waals surface area contributed by atoms with Crippen LogP contribution in [0.25, 0.3) is 11.1 Å². The van der Waals surface area contributed by atoms with Gasteiger partial charge < -0.3 is 9.47 Å². The van der Waals surface area contributed by atoms with Crippen LogP contribution in [-0.2, 0) is 19.4 Å². The van der Waals surface area contributed by atoms with E-state index in [1.807, 2.05) is 0 Å². The van der Waals surface area contributed by atoms with Crippen LogP contribution in [0.1, 0.15) is 16.7 Å². The summed E-state index contributed by atoms with van der Waals surface area (Å²) in [5.74, 6) is -3.92. The van der Waals surface area contributed by atoms with Crippen LogP contribution in [0.15, 0.2) is 35.2 Å². The molecule has 1 heterocycles. The van der Waals surface area contributed by atoms with Crippen LogP contribution in [0.4, 0.5) is 22.0 Å². The zero-order chi connectivity index (χ0) is 22.4. The number of hydrogen-bond donors (Lipinski definition) is 0. The molecule has 0 saturated carbocycles. The van der Waals surface area contributed by atoms with Gasteiger partial charge in [0.25, 0.3) is 0 Å². The Morgan fingerprint density at radius 3 is 2.33 bits per heavy atom. The molecular weight excluding hydrogens is 435 g/mol. The summed E-state index contributed by atoms with van der Waals surface area (Å²) in [5, 5.41) is 0. The van der Waals surface area contributed by atoms with Crippen molar-refractivity contribution >= 4 is 27.0 Å². The van der Waals surface area contributed by atoms with Gasteiger partial charge in [-0.1, -0.05) is 12.1 Å². The van der Waals surface area contributed by atoms with Crippen molar-refractivity contribution in [3.05, 3.63) is 58.7 Å². The quantitative estimate of drug-likeness (QED) is 0.522. The van der Waals surface area contributed by atoms with E-state index in [4.69, 9.17) is 4.74 Å². The van der Waals surface area contributed by atoms with E-state index in [0.717, 1.165) is 6.07 Å². The summed E-state index contributed by atoms with van der Waals surface area (Å²) < 4.78 is 98.6. The highest BCUT2D eigenvalue weighted by molar-refractivity contribution is 7.90. The molecule has 2 aromatic rings. The molecule has 0 unspecified atom stereocenters. The first-order valence-electron chi connectivity index (χ1n) is 8.24. The predicted molar refractivity (Wildman–Crippen MR) is 95.1 cm³/mol. The van der Waals surface area contributed by atoms with E-state index in [1.54, 1.807) is 0 Å². The molecule has 0 amide bonds. The normalized spacial score (nSPS) is 14.8. The number of halogens is 5. The minimum absolute atomic E-state index is 0.0654. The molecule has 30 heavy (non-hydrogen) atoms. The van der Waals surface area contributed by atoms with Gasteiger partial charge in [0.1, 0.15) is 28.9 Å². The predicted octanol–water partition coefficient (Wildman–Crippen LogP) is 4.04. The average molecular weight is 448 g/mol. The van der Waals surface area contributed by atoms with Gasteiger partial charge in [-0.3, -0.25) is 0 Å². The molecule has 0 N–H and O–H groups in total. The molecule has 0 saturated heterocycles. The molecular formula is C19H13F5O5S. The van der Waals surface area contributed by atoms with Gasteiger partial charge in [0.05, 0.1) is 5.57 Å². The van der Waals surface area contributed by atoms with Crippen molar-refractivity contribution in [1.29, 1.82) is 0 Å². The minimum atomic E-state index is -4.98. The van der Waals surface area contributed by atoms with Crippen molar-refractivity contribution in [3.8, 4) is 5.75 Å². The zero-order valence-electron chi connectivity index (χ0n) is 15.4. The lowest BCUT2D eigenvalue weighted by atomic mass is 9.95. The number of benzene rings is 2. The fourth-order valence-corrected chi connectivity index (χ4v) is 3.67. The van der Waals surface area contributed by atoms with Crippen molar-refractivity contribution in [2.45, 2.75) is 18.2 Å². The van der Waals surface area contributed by atoms with Gasteiger partial charge in [0.2, 0.25) is 0 Å². The zero-order valence-corrected chi connectivity index (χ0v) is 16.2. The smallest absolute Gasteiger partial charge is 0.457 e. The molecule has 0 aliphatic carbocycles. The van der Waals surface area contributed by atoms with Crippen LogP contribution in [0.3, 0.4) is 0 Å². The van der Waals surface area contributed by atoms with Crippen LogP contribution in [-0.4, -0.2) is 33.6 Å².